The van der Waals surface area contributed by atoms with Gasteiger partial charge in [0.05, 0.1) is 11.9 Å². The summed E-state index contributed by atoms with van der Waals surface area (Å²) in [5.41, 5.74) is -0.810. The van der Waals surface area contributed by atoms with E-state index in [4.69, 9.17) is 16.3 Å². The molecular formula is C13H10ClFN4O2. The van der Waals surface area contributed by atoms with Crippen LogP contribution in [0.15, 0.2) is 18.3 Å². The molecule has 0 spiro atoms. The predicted octanol–water partition coefficient (Wildman–Crippen LogP) is 2.44. The molecular weight excluding hydrogens is 299 g/mol. The number of nitrogens with zero attached hydrogens (tertiary/aromatic N) is 3. The van der Waals surface area contributed by atoms with Crippen LogP contribution in [0.2, 0.25) is 5.28 Å². The van der Waals surface area contributed by atoms with E-state index < -0.39 is 11.4 Å². The number of aromatic nitrogens is 3. The molecule has 1 amide bonds. The number of ether oxygens (including phenoxy) is 1. The van der Waals surface area contributed by atoms with Gasteiger partial charge in [0.1, 0.15) is 5.69 Å². The Morgan fingerprint density at radius 2 is 2.10 bits per heavy atom. The van der Waals surface area contributed by atoms with Crippen molar-refractivity contribution in [3.63, 3.8) is 0 Å². The number of nitrogens with one attached hydrogen (secondary N) is 1. The fraction of sp³-hybridized carbons (Fsp3) is 0.231. The fourth-order valence-corrected chi connectivity index (χ4v) is 1.99. The van der Waals surface area contributed by atoms with E-state index in [0.717, 1.165) is 6.20 Å². The number of carbonyl (C=O) groups excluding carboxylic acids is 1. The molecule has 0 radical (unpaired) electrons. The molecule has 0 saturated heterocycles. The second-order valence-electron chi connectivity index (χ2n) is 4.95. The highest BCUT2D eigenvalue weighted by Crippen LogP contribution is 2.34. The Kier molecular flexibility index (Phi) is 3.02. The Balaban J connectivity index is 2.07. The number of hydrogen-bond acceptors (Lipinski definition) is 5. The van der Waals surface area contributed by atoms with Crippen LogP contribution in [-0.2, 0) is 4.79 Å². The largest absolute Gasteiger partial charge is 0.474 e. The van der Waals surface area contributed by atoms with Gasteiger partial charge in [-0.25, -0.2) is 19.3 Å². The van der Waals surface area contributed by atoms with E-state index in [0.29, 0.717) is 5.75 Å². The minimum atomic E-state index is -0.986. The summed E-state index contributed by atoms with van der Waals surface area (Å²) in [5.74, 6) is -0.369. The molecule has 0 aromatic carbocycles. The average Bonchev–Trinajstić information content (AvgIpc) is 2.42. The van der Waals surface area contributed by atoms with Crippen molar-refractivity contribution in [2.24, 2.45) is 0 Å². The third-order valence-corrected chi connectivity index (χ3v) is 3.14. The van der Waals surface area contributed by atoms with E-state index in [2.05, 4.69) is 20.3 Å². The highest BCUT2D eigenvalue weighted by molar-refractivity contribution is 6.28. The lowest BCUT2D eigenvalue weighted by atomic mass is 10.1. The zero-order chi connectivity index (χ0) is 15.2. The predicted molar refractivity (Wildman–Crippen MR) is 73.6 cm³/mol. The van der Waals surface area contributed by atoms with Gasteiger partial charge in [-0.1, -0.05) is 0 Å². The molecule has 2 aromatic heterocycles. The molecule has 1 aliphatic rings. The molecule has 2 aromatic rings. The fourth-order valence-electron chi connectivity index (χ4n) is 1.85. The van der Waals surface area contributed by atoms with E-state index in [1.807, 2.05) is 0 Å². The van der Waals surface area contributed by atoms with Gasteiger partial charge < -0.3 is 10.1 Å². The van der Waals surface area contributed by atoms with Crippen LogP contribution in [-0.4, -0.2) is 26.5 Å². The van der Waals surface area contributed by atoms with E-state index >= 15 is 0 Å². The van der Waals surface area contributed by atoms with Crippen molar-refractivity contribution in [2.45, 2.75) is 19.4 Å². The van der Waals surface area contributed by atoms with Gasteiger partial charge in [0.15, 0.2) is 23.0 Å². The molecule has 6 nitrogen and oxygen atoms in total. The van der Waals surface area contributed by atoms with Crippen LogP contribution in [0.4, 0.5) is 10.2 Å². The first-order chi connectivity index (χ1) is 9.87. The zero-order valence-electron chi connectivity index (χ0n) is 11.1. The highest BCUT2D eigenvalue weighted by atomic mass is 35.5. The van der Waals surface area contributed by atoms with Gasteiger partial charge in [-0.15, -0.1) is 0 Å². The molecule has 0 saturated carbocycles. The summed E-state index contributed by atoms with van der Waals surface area (Å²) in [4.78, 5) is 23.3. The van der Waals surface area contributed by atoms with Crippen LogP contribution < -0.4 is 10.1 Å². The van der Waals surface area contributed by atoms with Crippen LogP contribution >= 0.6 is 11.6 Å². The number of fused-ring (bicyclic) bond motifs is 1. The Labute approximate surface area is 124 Å². The SMILES string of the molecule is CC1(C)Oc2ccc(-c3nc(Cl)ncc3F)nc2NC1=O. The molecule has 3 heterocycles. The summed E-state index contributed by atoms with van der Waals surface area (Å²) in [6, 6.07) is 3.13. The topological polar surface area (TPSA) is 77.0 Å². The first-order valence-corrected chi connectivity index (χ1v) is 6.44. The monoisotopic (exact) mass is 308 g/mol. The minimum absolute atomic E-state index is 0.0446. The van der Waals surface area contributed by atoms with E-state index in [1.54, 1.807) is 19.9 Å². The van der Waals surface area contributed by atoms with Gasteiger partial charge in [-0.3, -0.25) is 4.79 Å². The molecule has 0 aliphatic carbocycles. The van der Waals surface area contributed by atoms with E-state index in [-0.39, 0.29) is 28.4 Å². The number of amides is 1. The highest BCUT2D eigenvalue weighted by Gasteiger charge is 2.36. The van der Waals surface area contributed by atoms with Gasteiger partial charge in [0.2, 0.25) is 5.28 Å². The minimum Gasteiger partial charge on any atom is -0.474 e. The summed E-state index contributed by atoms with van der Waals surface area (Å²) in [7, 11) is 0. The summed E-state index contributed by atoms with van der Waals surface area (Å²) in [6.07, 6.45) is 0.962. The van der Waals surface area contributed by atoms with Crippen molar-refractivity contribution >= 4 is 23.3 Å². The molecule has 0 bridgehead atoms. The molecule has 3 rings (SSSR count). The summed E-state index contributed by atoms with van der Waals surface area (Å²) < 4.78 is 19.3. The van der Waals surface area contributed by atoms with Crippen LogP contribution in [0.25, 0.3) is 11.4 Å². The molecule has 108 valence electrons. The summed E-state index contributed by atoms with van der Waals surface area (Å²) in [5, 5.41) is 2.53. The first kappa shape index (κ1) is 13.7. The number of rotatable bonds is 1. The lowest BCUT2D eigenvalue weighted by Gasteiger charge is -2.30. The molecule has 0 fully saturated rings. The third-order valence-electron chi connectivity index (χ3n) is 2.96. The number of pyridine rings is 1. The molecule has 8 heteroatoms. The second-order valence-corrected chi connectivity index (χ2v) is 5.28. The summed E-state index contributed by atoms with van der Waals surface area (Å²) >= 11 is 5.66. The van der Waals surface area contributed by atoms with Crippen molar-refractivity contribution in [3.8, 4) is 17.1 Å². The lowest BCUT2D eigenvalue weighted by molar-refractivity contribution is -0.129. The maximum atomic E-state index is 13.7. The van der Waals surface area contributed by atoms with Crippen LogP contribution in [0, 0.1) is 5.82 Å². The van der Waals surface area contributed by atoms with E-state index in [9.17, 15) is 9.18 Å². The molecule has 0 atom stereocenters. The Morgan fingerprint density at radius 3 is 2.86 bits per heavy atom. The van der Waals surface area contributed by atoms with E-state index in [1.165, 1.54) is 6.07 Å². The molecule has 21 heavy (non-hydrogen) atoms. The lowest BCUT2D eigenvalue weighted by Crippen LogP contribution is -2.46. The van der Waals surface area contributed by atoms with Crippen LogP contribution in [0.3, 0.4) is 0 Å². The Morgan fingerprint density at radius 1 is 1.33 bits per heavy atom. The first-order valence-electron chi connectivity index (χ1n) is 6.07. The smallest absolute Gasteiger partial charge is 0.269 e. The van der Waals surface area contributed by atoms with Crippen LogP contribution in [0.1, 0.15) is 13.8 Å². The third kappa shape index (κ3) is 2.40. The standard InChI is InChI=1S/C13H10ClFN4O2/c1-13(2)11(20)19-10-8(21-13)4-3-7(17-10)9-6(15)5-16-12(14)18-9/h3-5H,1-2H3,(H,17,19,20). The number of anilines is 1. The van der Waals surface area contributed by atoms with Crippen molar-refractivity contribution in [3.05, 3.63) is 29.4 Å². The normalized spacial score (nSPS) is 15.9. The van der Waals surface area contributed by atoms with Gasteiger partial charge in [-0.05, 0) is 37.6 Å². The quantitative estimate of drug-likeness (QED) is 0.819. The van der Waals surface area contributed by atoms with Gasteiger partial charge in [0, 0.05) is 0 Å². The van der Waals surface area contributed by atoms with Gasteiger partial charge >= 0.3 is 0 Å². The Bertz CT molecular complexity index is 751. The van der Waals surface area contributed by atoms with Crippen molar-refractivity contribution in [2.75, 3.05) is 5.32 Å². The van der Waals surface area contributed by atoms with Crippen molar-refractivity contribution in [1.82, 2.24) is 15.0 Å². The van der Waals surface area contributed by atoms with Crippen LogP contribution in [0.5, 0.6) is 5.75 Å². The number of carbonyl (C=O) groups is 1. The van der Waals surface area contributed by atoms with Gasteiger partial charge in [0.25, 0.3) is 5.91 Å². The van der Waals surface area contributed by atoms with Crippen molar-refractivity contribution < 1.29 is 13.9 Å². The van der Waals surface area contributed by atoms with Crippen molar-refractivity contribution in [1.29, 1.82) is 0 Å². The second kappa shape index (κ2) is 4.63. The number of hydrogen-bond donors (Lipinski definition) is 1. The maximum Gasteiger partial charge on any atom is 0.269 e. The zero-order valence-corrected chi connectivity index (χ0v) is 11.9. The average molecular weight is 309 g/mol. The number of halogens is 2. The van der Waals surface area contributed by atoms with Gasteiger partial charge in [-0.2, -0.15) is 0 Å². The Hall–Kier alpha value is -2.28. The molecule has 1 N–H and O–H groups in total. The maximum absolute atomic E-state index is 13.7. The molecule has 0 unspecified atom stereocenters. The molecule has 1 aliphatic heterocycles. The summed E-state index contributed by atoms with van der Waals surface area (Å²) in [6.45, 7) is 3.28.